The highest BCUT2D eigenvalue weighted by Crippen LogP contribution is 2.14. The summed E-state index contributed by atoms with van der Waals surface area (Å²) >= 11 is 0. The van der Waals surface area contributed by atoms with Crippen LogP contribution in [0.2, 0.25) is 0 Å². The summed E-state index contributed by atoms with van der Waals surface area (Å²) in [6.45, 7) is 1.09. The zero-order valence-electron chi connectivity index (χ0n) is 10.9. The Balaban J connectivity index is 1.72. The number of rotatable bonds is 4. The summed E-state index contributed by atoms with van der Waals surface area (Å²) < 4.78 is 5.12. The molecule has 6 nitrogen and oxygen atoms in total. The maximum absolute atomic E-state index is 5.12. The van der Waals surface area contributed by atoms with Crippen molar-refractivity contribution < 1.29 is 4.74 Å². The SMILES string of the molecule is COc1ccc(-n2nnc(CC3CCCN3)n2)cc1. The average Bonchev–Trinajstić information content (AvgIpc) is 3.11. The molecule has 6 heteroatoms. The van der Waals surface area contributed by atoms with Gasteiger partial charge in [0, 0.05) is 12.5 Å². The lowest BCUT2D eigenvalue weighted by molar-refractivity contribution is 0.414. The summed E-state index contributed by atoms with van der Waals surface area (Å²) in [4.78, 5) is 1.56. The van der Waals surface area contributed by atoms with Gasteiger partial charge in [0.25, 0.3) is 0 Å². The minimum absolute atomic E-state index is 0.494. The zero-order chi connectivity index (χ0) is 13.1. The molecule has 0 saturated carbocycles. The molecule has 3 rings (SSSR count). The Kier molecular flexibility index (Phi) is 3.41. The Hall–Kier alpha value is -1.95. The molecule has 0 amide bonds. The molecule has 1 saturated heterocycles. The van der Waals surface area contributed by atoms with E-state index in [0.29, 0.717) is 6.04 Å². The number of tetrazole rings is 1. The van der Waals surface area contributed by atoms with Gasteiger partial charge in [0.05, 0.1) is 12.8 Å². The number of methoxy groups -OCH3 is 1. The Morgan fingerprint density at radius 2 is 2.21 bits per heavy atom. The number of hydrogen-bond acceptors (Lipinski definition) is 5. The van der Waals surface area contributed by atoms with E-state index in [2.05, 4.69) is 20.7 Å². The second-order valence-corrected chi connectivity index (χ2v) is 4.69. The second kappa shape index (κ2) is 5.36. The third-order valence-electron chi connectivity index (χ3n) is 3.35. The molecule has 0 aliphatic carbocycles. The van der Waals surface area contributed by atoms with E-state index in [4.69, 9.17) is 4.74 Å². The fourth-order valence-corrected chi connectivity index (χ4v) is 2.30. The van der Waals surface area contributed by atoms with E-state index in [1.165, 1.54) is 12.8 Å². The third-order valence-corrected chi connectivity index (χ3v) is 3.35. The van der Waals surface area contributed by atoms with Crippen LogP contribution in [0.5, 0.6) is 5.75 Å². The molecular formula is C13H17N5O. The van der Waals surface area contributed by atoms with Gasteiger partial charge >= 0.3 is 0 Å². The molecule has 1 aromatic heterocycles. The minimum atomic E-state index is 0.494. The van der Waals surface area contributed by atoms with Crippen molar-refractivity contribution in [3.63, 3.8) is 0 Å². The molecule has 1 N–H and O–H groups in total. The minimum Gasteiger partial charge on any atom is -0.497 e. The monoisotopic (exact) mass is 259 g/mol. The first-order chi connectivity index (χ1) is 9.35. The van der Waals surface area contributed by atoms with E-state index in [1.54, 1.807) is 11.9 Å². The topological polar surface area (TPSA) is 64.9 Å². The number of hydrogen-bond donors (Lipinski definition) is 1. The maximum Gasteiger partial charge on any atom is 0.176 e. The number of nitrogens with zero attached hydrogens (tertiary/aromatic N) is 4. The highest BCUT2D eigenvalue weighted by molar-refractivity contribution is 5.35. The Labute approximate surface area is 111 Å². The van der Waals surface area contributed by atoms with Crippen molar-refractivity contribution in [2.45, 2.75) is 25.3 Å². The summed E-state index contributed by atoms with van der Waals surface area (Å²) in [7, 11) is 1.65. The van der Waals surface area contributed by atoms with Crippen molar-refractivity contribution >= 4 is 0 Å². The lowest BCUT2D eigenvalue weighted by Crippen LogP contribution is -2.24. The van der Waals surface area contributed by atoms with Gasteiger partial charge in [-0.05, 0) is 48.9 Å². The summed E-state index contributed by atoms with van der Waals surface area (Å²) in [5.41, 5.74) is 0.888. The van der Waals surface area contributed by atoms with E-state index >= 15 is 0 Å². The molecule has 0 bridgehead atoms. The second-order valence-electron chi connectivity index (χ2n) is 4.69. The van der Waals surface area contributed by atoms with Crippen molar-refractivity contribution in [1.29, 1.82) is 0 Å². The van der Waals surface area contributed by atoms with Crippen LogP contribution >= 0.6 is 0 Å². The van der Waals surface area contributed by atoms with Gasteiger partial charge in [-0.1, -0.05) is 0 Å². The first kappa shape index (κ1) is 12.1. The van der Waals surface area contributed by atoms with E-state index in [1.807, 2.05) is 24.3 Å². The Morgan fingerprint density at radius 1 is 1.37 bits per heavy atom. The largest absolute Gasteiger partial charge is 0.497 e. The highest BCUT2D eigenvalue weighted by atomic mass is 16.5. The van der Waals surface area contributed by atoms with Crippen LogP contribution in [-0.4, -0.2) is 39.9 Å². The predicted octanol–water partition coefficient (Wildman–Crippen LogP) is 0.965. The standard InChI is InChI=1S/C13H17N5O/c1-19-12-6-4-11(5-7-12)18-16-13(15-17-18)9-10-3-2-8-14-10/h4-7,10,14H,2-3,8-9H2,1H3. The smallest absolute Gasteiger partial charge is 0.176 e. The van der Waals surface area contributed by atoms with Gasteiger partial charge in [-0.2, -0.15) is 0 Å². The van der Waals surface area contributed by atoms with Gasteiger partial charge in [-0.3, -0.25) is 0 Å². The van der Waals surface area contributed by atoms with Crippen LogP contribution in [0.25, 0.3) is 5.69 Å². The van der Waals surface area contributed by atoms with Crippen molar-refractivity contribution in [3.05, 3.63) is 30.1 Å². The van der Waals surface area contributed by atoms with Crippen LogP contribution in [-0.2, 0) is 6.42 Å². The molecule has 100 valence electrons. The third kappa shape index (κ3) is 2.73. The van der Waals surface area contributed by atoms with Crippen molar-refractivity contribution in [3.8, 4) is 11.4 Å². The molecule has 1 fully saturated rings. The molecule has 1 aromatic carbocycles. The van der Waals surface area contributed by atoms with Gasteiger partial charge in [0.1, 0.15) is 5.75 Å². The molecule has 1 aliphatic rings. The van der Waals surface area contributed by atoms with Crippen LogP contribution in [0.1, 0.15) is 18.7 Å². The number of ether oxygens (including phenoxy) is 1. The summed E-state index contributed by atoms with van der Waals surface area (Å²) in [5, 5.41) is 16.0. The fourth-order valence-electron chi connectivity index (χ4n) is 2.30. The summed E-state index contributed by atoms with van der Waals surface area (Å²) in [5.74, 6) is 1.61. The molecule has 1 atom stereocenters. The molecule has 2 aromatic rings. The predicted molar refractivity (Wildman–Crippen MR) is 70.4 cm³/mol. The normalized spacial score (nSPS) is 18.7. The van der Waals surface area contributed by atoms with Gasteiger partial charge in [-0.15, -0.1) is 15.0 Å². The number of nitrogens with one attached hydrogen (secondary N) is 1. The lowest BCUT2D eigenvalue weighted by Gasteiger charge is -2.05. The van der Waals surface area contributed by atoms with Gasteiger partial charge in [-0.25, -0.2) is 0 Å². The maximum atomic E-state index is 5.12. The van der Waals surface area contributed by atoms with Gasteiger partial charge in [0.2, 0.25) is 0 Å². The average molecular weight is 259 g/mol. The molecule has 1 unspecified atom stereocenters. The number of aromatic nitrogens is 4. The van der Waals surface area contributed by atoms with Crippen molar-refractivity contribution in [2.75, 3.05) is 13.7 Å². The Morgan fingerprint density at radius 3 is 2.89 bits per heavy atom. The van der Waals surface area contributed by atoms with Crippen LogP contribution in [0.3, 0.4) is 0 Å². The zero-order valence-corrected chi connectivity index (χ0v) is 10.9. The quantitative estimate of drug-likeness (QED) is 0.886. The molecule has 1 aliphatic heterocycles. The van der Waals surface area contributed by atoms with E-state index in [9.17, 15) is 0 Å². The van der Waals surface area contributed by atoms with Gasteiger partial charge < -0.3 is 10.1 Å². The van der Waals surface area contributed by atoms with Crippen molar-refractivity contribution in [1.82, 2.24) is 25.5 Å². The van der Waals surface area contributed by atoms with E-state index in [-0.39, 0.29) is 0 Å². The first-order valence-corrected chi connectivity index (χ1v) is 6.52. The molecule has 0 radical (unpaired) electrons. The van der Waals surface area contributed by atoms with Crippen LogP contribution < -0.4 is 10.1 Å². The van der Waals surface area contributed by atoms with Gasteiger partial charge in [0.15, 0.2) is 5.82 Å². The van der Waals surface area contributed by atoms with E-state index in [0.717, 1.165) is 30.2 Å². The lowest BCUT2D eigenvalue weighted by atomic mass is 10.1. The van der Waals surface area contributed by atoms with Crippen molar-refractivity contribution in [2.24, 2.45) is 0 Å². The summed E-state index contributed by atoms with van der Waals surface area (Å²) in [6, 6.07) is 8.10. The van der Waals surface area contributed by atoms with Crippen LogP contribution in [0.4, 0.5) is 0 Å². The van der Waals surface area contributed by atoms with Crippen LogP contribution in [0.15, 0.2) is 24.3 Å². The molecule has 19 heavy (non-hydrogen) atoms. The highest BCUT2D eigenvalue weighted by Gasteiger charge is 2.17. The molecule has 2 heterocycles. The first-order valence-electron chi connectivity index (χ1n) is 6.52. The van der Waals surface area contributed by atoms with E-state index < -0.39 is 0 Å². The fraction of sp³-hybridized carbons (Fsp3) is 0.462. The molecular weight excluding hydrogens is 242 g/mol. The van der Waals surface area contributed by atoms with Crippen LogP contribution in [0, 0.1) is 0 Å². The summed E-state index contributed by atoms with van der Waals surface area (Å²) in [6.07, 6.45) is 3.27. The number of benzene rings is 1. The Bertz CT molecular complexity index is 530. The molecule has 0 spiro atoms.